The molecule has 0 fully saturated rings. The number of nitrogens with zero attached hydrogens (tertiary/aromatic N) is 2. The molecule has 0 amide bonds. The van der Waals surface area contributed by atoms with E-state index in [1.807, 2.05) is 34.7 Å². The number of hydrogen-bond donors (Lipinski definition) is 3. The van der Waals surface area contributed by atoms with Gasteiger partial charge in [0.1, 0.15) is 17.5 Å². The van der Waals surface area contributed by atoms with Gasteiger partial charge in [-0.2, -0.15) is 0 Å². The van der Waals surface area contributed by atoms with Crippen LogP contribution in [-0.2, 0) is 6.42 Å². The van der Waals surface area contributed by atoms with E-state index in [0.29, 0.717) is 6.54 Å². The molecule has 0 unspecified atom stereocenters. The molecule has 1 rings (SSSR count). The van der Waals surface area contributed by atoms with Gasteiger partial charge in [0.25, 0.3) is 0 Å². The van der Waals surface area contributed by atoms with E-state index in [2.05, 4.69) is 20.6 Å². The molecule has 0 radical (unpaired) electrons. The summed E-state index contributed by atoms with van der Waals surface area (Å²) in [6.45, 7) is 8.86. The van der Waals surface area contributed by atoms with E-state index < -0.39 is 0 Å². The number of anilines is 2. The average Bonchev–Trinajstić information content (AvgIpc) is 2.37. The predicted octanol–water partition coefficient (Wildman–Crippen LogP) is 1.82. The van der Waals surface area contributed by atoms with E-state index in [0.717, 1.165) is 29.4 Å². The van der Waals surface area contributed by atoms with Crippen LogP contribution in [0.3, 0.4) is 0 Å². The highest BCUT2D eigenvalue weighted by Crippen LogP contribution is 2.22. The average molecular weight is 252 g/mol. The number of aliphatic hydroxyl groups excluding tert-OH is 1. The molecular formula is C13H24N4O. The highest BCUT2D eigenvalue weighted by Gasteiger charge is 2.17. The van der Waals surface area contributed by atoms with Gasteiger partial charge in [0.15, 0.2) is 0 Å². The van der Waals surface area contributed by atoms with Crippen LogP contribution in [0, 0.1) is 12.3 Å². The van der Waals surface area contributed by atoms with Gasteiger partial charge in [0.2, 0.25) is 0 Å². The van der Waals surface area contributed by atoms with E-state index in [1.54, 1.807) is 0 Å². The Morgan fingerprint density at radius 3 is 2.33 bits per heavy atom. The lowest BCUT2D eigenvalue weighted by Gasteiger charge is -2.23. The molecule has 0 spiro atoms. The lowest BCUT2D eigenvalue weighted by molar-refractivity contribution is 0.170. The van der Waals surface area contributed by atoms with Crippen molar-refractivity contribution in [3.8, 4) is 0 Å². The Morgan fingerprint density at radius 1 is 1.22 bits per heavy atom. The molecule has 0 atom stereocenters. The maximum Gasteiger partial charge on any atom is 0.134 e. The molecule has 3 N–H and O–H groups in total. The van der Waals surface area contributed by atoms with Gasteiger partial charge in [-0.15, -0.1) is 0 Å². The second-order valence-corrected chi connectivity index (χ2v) is 5.24. The van der Waals surface area contributed by atoms with Crippen molar-refractivity contribution in [2.24, 2.45) is 5.41 Å². The zero-order valence-electron chi connectivity index (χ0n) is 12.0. The van der Waals surface area contributed by atoms with Crippen LogP contribution in [0.25, 0.3) is 0 Å². The summed E-state index contributed by atoms with van der Waals surface area (Å²) in [7, 11) is 1.86. The van der Waals surface area contributed by atoms with Gasteiger partial charge in [0.05, 0.1) is 0 Å². The fourth-order valence-corrected chi connectivity index (χ4v) is 1.52. The monoisotopic (exact) mass is 252 g/mol. The summed E-state index contributed by atoms with van der Waals surface area (Å²) in [6, 6.07) is 0. The summed E-state index contributed by atoms with van der Waals surface area (Å²) >= 11 is 0. The first-order chi connectivity index (χ1) is 8.43. The Bertz CT molecular complexity index is 404. The van der Waals surface area contributed by atoms with E-state index in [9.17, 15) is 5.11 Å². The largest absolute Gasteiger partial charge is 0.396 e. The Labute approximate surface area is 109 Å². The van der Waals surface area contributed by atoms with Crippen molar-refractivity contribution in [1.82, 2.24) is 9.97 Å². The second-order valence-electron chi connectivity index (χ2n) is 5.24. The van der Waals surface area contributed by atoms with Crippen molar-refractivity contribution in [3.63, 3.8) is 0 Å². The fraction of sp³-hybridized carbons (Fsp3) is 0.692. The minimum atomic E-state index is -0.163. The Kier molecular flexibility index (Phi) is 4.90. The molecule has 1 heterocycles. The third-order valence-corrected chi connectivity index (χ3v) is 2.91. The number of nitrogens with one attached hydrogen (secondary N) is 2. The first-order valence-electron chi connectivity index (χ1n) is 6.33. The van der Waals surface area contributed by atoms with Crippen LogP contribution in [0.15, 0.2) is 0 Å². The lowest BCUT2D eigenvalue weighted by Crippen LogP contribution is -2.27. The Hall–Kier alpha value is -1.36. The minimum absolute atomic E-state index is 0.143. The van der Waals surface area contributed by atoms with Gasteiger partial charge < -0.3 is 15.7 Å². The van der Waals surface area contributed by atoms with Crippen LogP contribution in [0.2, 0.25) is 0 Å². The first-order valence-corrected chi connectivity index (χ1v) is 6.33. The van der Waals surface area contributed by atoms with Gasteiger partial charge in [-0.25, -0.2) is 9.97 Å². The van der Waals surface area contributed by atoms with Crippen molar-refractivity contribution in [2.75, 3.05) is 30.8 Å². The third kappa shape index (κ3) is 3.57. The van der Waals surface area contributed by atoms with Crippen molar-refractivity contribution < 1.29 is 5.11 Å². The van der Waals surface area contributed by atoms with Crippen molar-refractivity contribution in [3.05, 3.63) is 11.4 Å². The fourth-order valence-electron chi connectivity index (χ4n) is 1.52. The molecule has 1 aromatic heterocycles. The van der Waals surface area contributed by atoms with Crippen LogP contribution in [-0.4, -0.2) is 35.3 Å². The SMILES string of the molecule is CCc1nc(NC)c(C)c(NCC(C)(C)CO)n1. The number of hydrogen-bond acceptors (Lipinski definition) is 5. The molecule has 0 aliphatic heterocycles. The number of rotatable bonds is 6. The molecule has 0 bridgehead atoms. The van der Waals surface area contributed by atoms with Crippen LogP contribution in [0.4, 0.5) is 11.6 Å². The maximum atomic E-state index is 9.26. The zero-order valence-corrected chi connectivity index (χ0v) is 12.0. The maximum absolute atomic E-state index is 9.26. The molecule has 0 aliphatic carbocycles. The summed E-state index contributed by atoms with van der Waals surface area (Å²) in [4.78, 5) is 8.92. The van der Waals surface area contributed by atoms with Gasteiger partial charge >= 0.3 is 0 Å². The van der Waals surface area contributed by atoms with Crippen LogP contribution in [0.5, 0.6) is 0 Å². The Balaban J connectivity index is 2.94. The first kappa shape index (κ1) is 14.7. The second kappa shape index (κ2) is 6.00. The number of aliphatic hydroxyl groups is 1. The van der Waals surface area contributed by atoms with Crippen LogP contribution >= 0.6 is 0 Å². The standard InChI is InChI=1S/C13H24N4O/c1-6-10-16-11(14-5)9(2)12(17-10)15-7-13(3,4)8-18/h18H,6-8H2,1-5H3,(H2,14,15,16,17). The predicted molar refractivity (Wildman–Crippen MR) is 75.1 cm³/mol. The van der Waals surface area contributed by atoms with Crippen molar-refractivity contribution >= 4 is 11.6 Å². The summed E-state index contributed by atoms with van der Waals surface area (Å²) in [5, 5.41) is 15.6. The van der Waals surface area contributed by atoms with E-state index in [1.165, 1.54) is 0 Å². The van der Waals surface area contributed by atoms with Gasteiger partial charge in [0, 0.05) is 37.6 Å². The molecule has 0 saturated heterocycles. The molecule has 0 saturated carbocycles. The van der Waals surface area contributed by atoms with E-state index >= 15 is 0 Å². The normalized spacial score (nSPS) is 11.4. The lowest BCUT2D eigenvalue weighted by atomic mass is 9.95. The van der Waals surface area contributed by atoms with Crippen molar-refractivity contribution in [1.29, 1.82) is 0 Å². The zero-order chi connectivity index (χ0) is 13.8. The molecular weight excluding hydrogens is 228 g/mol. The molecule has 18 heavy (non-hydrogen) atoms. The highest BCUT2D eigenvalue weighted by molar-refractivity contribution is 5.57. The quantitative estimate of drug-likeness (QED) is 0.720. The molecule has 1 aromatic rings. The highest BCUT2D eigenvalue weighted by atomic mass is 16.3. The molecule has 0 aliphatic rings. The molecule has 0 aromatic carbocycles. The molecule has 102 valence electrons. The van der Waals surface area contributed by atoms with Crippen molar-refractivity contribution in [2.45, 2.75) is 34.1 Å². The third-order valence-electron chi connectivity index (χ3n) is 2.91. The topological polar surface area (TPSA) is 70.1 Å². The Morgan fingerprint density at radius 2 is 1.83 bits per heavy atom. The van der Waals surface area contributed by atoms with Gasteiger partial charge in [-0.05, 0) is 6.92 Å². The molecule has 5 heteroatoms. The molecule has 5 nitrogen and oxygen atoms in total. The summed E-state index contributed by atoms with van der Waals surface area (Å²) < 4.78 is 0. The number of aryl methyl sites for hydroxylation is 1. The van der Waals surface area contributed by atoms with E-state index in [-0.39, 0.29) is 12.0 Å². The summed E-state index contributed by atoms with van der Waals surface area (Å²) in [6.07, 6.45) is 0.799. The van der Waals surface area contributed by atoms with E-state index in [4.69, 9.17) is 0 Å². The summed E-state index contributed by atoms with van der Waals surface area (Å²) in [5.74, 6) is 2.51. The minimum Gasteiger partial charge on any atom is -0.396 e. The van der Waals surface area contributed by atoms with Gasteiger partial charge in [-0.3, -0.25) is 0 Å². The summed E-state index contributed by atoms with van der Waals surface area (Å²) in [5.41, 5.74) is 0.840. The van der Waals surface area contributed by atoms with Crippen LogP contribution in [0.1, 0.15) is 32.2 Å². The van der Waals surface area contributed by atoms with Crippen LogP contribution < -0.4 is 10.6 Å². The number of aromatic nitrogens is 2. The van der Waals surface area contributed by atoms with Gasteiger partial charge in [-0.1, -0.05) is 20.8 Å². The smallest absolute Gasteiger partial charge is 0.134 e.